The molecule has 3 aliphatic rings. The number of carbonyl (C=O) groups excluding carboxylic acids is 2. The lowest BCUT2D eigenvalue weighted by Crippen LogP contribution is -2.51. The Hall–Kier alpha value is -1.31. The zero-order chi connectivity index (χ0) is 17.7. The Labute approximate surface area is 143 Å². The van der Waals surface area contributed by atoms with E-state index in [1.165, 1.54) is 0 Å². The largest absolute Gasteiger partial charge is 0.444 e. The maximum Gasteiger partial charge on any atom is 0.410 e. The molecule has 8 heteroatoms. The molecule has 3 heterocycles. The summed E-state index contributed by atoms with van der Waals surface area (Å²) in [7, 11) is -3.01. The third-order valence-corrected chi connectivity index (χ3v) is 7.22. The molecule has 24 heavy (non-hydrogen) atoms. The molecule has 0 unspecified atom stereocenters. The molecule has 0 aliphatic carbocycles. The lowest BCUT2D eigenvalue weighted by atomic mass is 9.96. The van der Waals surface area contributed by atoms with E-state index in [2.05, 4.69) is 0 Å². The van der Waals surface area contributed by atoms with Crippen molar-refractivity contribution in [2.75, 3.05) is 25.4 Å². The molecule has 0 aromatic heterocycles. The highest BCUT2D eigenvalue weighted by molar-refractivity contribution is 7.92. The summed E-state index contributed by atoms with van der Waals surface area (Å²) in [5, 5.41) is -0.392. The number of hydrogen-bond acceptors (Lipinski definition) is 5. The average Bonchev–Trinajstić information content (AvgIpc) is 3.00. The SMILES string of the molecule is CC(C)(C)OC(=O)N1CCC[C@H](C(=O)N2C[C@H]3C[C@H]2CS3(=O)=O)C1. The van der Waals surface area contributed by atoms with E-state index in [9.17, 15) is 18.0 Å². The summed E-state index contributed by atoms with van der Waals surface area (Å²) in [6.07, 6.45) is 1.68. The van der Waals surface area contributed by atoms with Gasteiger partial charge in [-0.15, -0.1) is 0 Å². The highest BCUT2D eigenvalue weighted by Gasteiger charge is 2.51. The van der Waals surface area contributed by atoms with E-state index >= 15 is 0 Å². The first kappa shape index (κ1) is 17.5. The van der Waals surface area contributed by atoms with Crippen LogP contribution in [-0.2, 0) is 19.4 Å². The molecular weight excluding hydrogens is 332 g/mol. The predicted molar refractivity (Wildman–Crippen MR) is 88.2 cm³/mol. The van der Waals surface area contributed by atoms with E-state index < -0.39 is 20.7 Å². The Morgan fingerprint density at radius 2 is 1.88 bits per heavy atom. The van der Waals surface area contributed by atoms with Gasteiger partial charge in [-0.2, -0.15) is 0 Å². The minimum Gasteiger partial charge on any atom is -0.444 e. The second-order valence-electron chi connectivity index (χ2n) is 8.10. The number of piperidine rings is 1. The minimum absolute atomic E-state index is 0.00865. The van der Waals surface area contributed by atoms with Crippen LogP contribution in [0, 0.1) is 5.92 Å². The molecule has 3 rings (SSSR count). The first-order chi connectivity index (χ1) is 11.1. The topological polar surface area (TPSA) is 84.0 Å². The molecule has 7 nitrogen and oxygen atoms in total. The number of amides is 2. The van der Waals surface area contributed by atoms with E-state index in [-0.39, 0.29) is 29.7 Å². The lowest BCUT2D eigenvalue weighted by molar-refractivity contribution is -0.137. The fourth-order valence-electron chi connectivity index (χ4n) is 3.87. The predicted octanol–water partition coefficient (Wildman–Crippen LogP) is 1.03. The normalized spacial score (nSPS) is 32.0. The summed E-state index contributed by atoms with van der Waals surface area (Å²) in [5.74, 6) is -0.176. The van der Waals surface area contributed by atoms with Gasteiger partial charge < -0.3 is 14.5 Å². The van der Waals surface area contributed by atoms with Gasteiger partial charge in [0.05, 0.1) is 16.9 Å². The van der Waals surface area contributed by atoms with E-state index in [0.717, 1.165) is 12.8 Å². The second-order valence-corrected chi connectivity index (χ2v) is 10.4. The van der Waals surface area contributed by atoms with E-state index in [1.54, 1.807) is 9.80 Å². The van der Waals surface area contributed by atoms with Gasteiger partial charge in [0.25, 0.3) is 0 Å². The van der Waals surface area contributed by atoms with Crippen LogP contribution >= 0.6 is 0 Å². The van der Waals surface area contributed by atoms with E-state index in [1.807, 2.05) is 20.8 Å². The molecule has 3 fully saturated rings. The number of likely N-dealkylation sites (tertiary alicyclic amines) is 2. The van der Waals surface area contributed by atoms with Gasteiger partial charge in [-0.3, -0.25) is 4.79 Å². The van der Waals surface area contributed by atoms with Crippen molar-refractivity contribution in [2.45, 2.75) is 56.9 Å². The van der Waals surface area contributed by atoms with Crippen molar-refractivity contribution in [3.05, 3.63) is 0 Å². The fraction of sp³-hybridized carbons (Fsp3) is 0.875. The number of ether oxygens (including phenoxy) is 1. The van der Waals surface area contributed by atoms with Crippen molar-refractivity contribution in [2.24, 2.45) is 5.92 Å². The van der Waals surface area contributed by atoms with E-state index in [0.29, 0.717) is 26.1 Å². The molecule has 3 saturated heterocycles. The minimum atomic E-state index is -3.01. The smallest absolute Gasteiger partial charge is 0.410 e. The molecule has 0 saturated carbocycles. The van der Waals surface area contributed by atoms with Crippen LogP contribution in [-0.4, -0.2) is 72.5 Å². The van der Waals surface area contributed by atoms with Crippen LogP contribution in [0.1, 0.15) is 40.0 Å². The quantitative estimate of drug-likeness (QED) is 0.699. The molecule has 0 N–H and O–H groups in total. The van der Waals surface area contributed by atoms with Crippen LogP contribution in [0.15, 0.2) is 0 Å². The Bertz CT molecular complexity index is 639. The molecule has 2 bridgehead atoms. The number of sulfone groups is 1. The van der Waals surface area contributed by atoms with Gasteiger partial charge in [0, 0.05) is 25.7 Å². The zero-order valence-electron chi connectivity index (χ0n) is 14.5. The highest BCUT2D eigenvalue weighted by atomic mass is 32.2. The number of nitrogens with zero attached hydrogens (tertiary/aromatic N) is 2. The van der Waals surface area contributed by atoms with Gasteiger partial charge in [-0.25, -0.2) is 13.2 Å². The fourth-order valence-corrected chi connectivity index (χ4v) is 5.90. The lowest BCUT2D eigenvalue weighted by Gasteiger charge is -2.36. The first-order valence-corrected chi connectivity index (χ1v) is 10.3. The zero-order valence-corrected chi connectivity index (χ0v) is 15.3. The monoisotopic (exact) mass is 358 g/mol. The van der Waals surface area contributed by atoms with Gasteiger partial charge in [0.2, 0.25) is 5.91 Å². The van der Waals surface area contributed by atoms with Crippen LogP contribution in [0.3, 0.4) is 0 Å². The highest BCUT2D eigenvalue weighted by Crippen LogP contribution is 2.35. The second kappa shape index (κ2) is 5.89. The van der Waals surface area contributed by atoms with E-state index in [4.69, 9.17) is 4.74 Å². The molecule has 0 radical (unpaired) electrons. The standard InChI is InChI=1S/C16H26N2O5S/c1-16(2,3)23-15(20)17-6-4-5-11(8-17)14(19)18-9-13-7-12(18)10-24(13,21)22/h11-13H,4-10H2,1-3H3/t11-,12-,13+/m0/s1. The molecule has 0 spiro atoms. The summed E-state index contributed by atoms with van der Waals surface area (Å²) >= 11 is 0. The Morgan fingerprint density at radius 1 is 1.17 bits per heavy atom. The van der Waals surface area contributed by atoms with Crippen LogP contribution in [0.2, 0.25) is 0 Å². The number of rotatable bonds is 1. The molecule has 0 aromatic rings. The van der Waals surface area contributed by atoms with Crippen LogP contribution in [0.5, 0.6) is 0 Å². The third kappa shape index (κ3) is 3.38. The number of hydrogen-bond donors (Lipinski definition) is 0. The first-order valence-electron chi connectivity index (χ1n) is 8.57. The molecule has 3 atom stereocenters. The summed E-state index contributed by atoms with van der Waals surface area (Å²) in [6, 6.07) is -0.176. The van der Waals surface area contributed by atoms with Gasteiger partial charge in [0.15, 0.2) is 9.84 Å². The molecule has 0 aromatic carbocycles. The molecule has 136 valence electrons. The van der Waals surface area contributed by atoms with Gasteiger partial charge in [0.1, 0.15) is 5.60 Å². The molecule has 3 aliphatic heterocycles. The van der Waals surface area contributed by atoms with Crippen LogP contribution < -0.4 is 0 Å². The van der Waals surface area contributed by atoms with Crippen molar-refractivity contribution < 1.29 is 22.7 Å². The number of carbonyl (C=O) groups is 2. The van der Waals surface area contributed by atoms with Gasteiger partial charge in [-0.1, -0.05) is 0 Å². The Kier molecular flexibility index (Phi) is 4.30. The van der Waals surface area contributed by atoms with Crippen LogP contribution in [0.4, 0.5) is 4.79 Å². The maximum absolute atomic E-state index is 12.8. The van der Waals surface area contributed by atoms with Crippen molar-refractivity contribution in [1.82, 2.24) is 9.80 Å². The maximum atomic E-state index is 12.8. The Morgan fingerprint density at radius 3 is 2.42 bits per heavy atom. The summed E-state index contributed by atoms with van der Waals surface area (Å²) in [5.41, 5.74) is -0.559. The van der Waals surface area contributed by atoms with Crippen LogP contribution in [0.25, 0.3) is 0 Å². The average molecular weight is 358 g/mol. The molecular formula is C16H26N2O5S. The molecule has 2 amide bonds. The van der Waals surface area contributed by atoms with Crippen molar-refractivity contribution in [1.29, 1.82) is 0 Å². The summed E-state index contributed by atoms with van der Waals surface area (Å²) in [6.45, 7) is 6.72. The van der Waals surface area contributed by atoms with Crippen molar-refractivity contribution >= 4 is 21.8 Å². The Balaban J connectivity index is 1.61. The number of fused-ring (bicyclic) bond motifs is 2. The third-order valence-electron chi connectivity index (χ3n) is 5.01. The van der Waals surface area contributed by atoms with Crippen molar-refractivity contribution in [3.63, 3.8) is 0 Å². The summed E-state index contributed by atoms with van der Waals surface area (Å²) < 4.78 is 29.1. The van der Waals surface area contributed by atoms with Gasteiger partial charge in [-0.05, 0) is 40.0 Å². The van der Waals surface area contributed by atoms with Crippen molar-refractivity contribution in [3.8, 4) is 0 Å². The van der Waals surface area contributed by atoms with Gasteiger partial charge >= 0.3 is 6.09 Å². The summed E-state index contributed by atoms with van der Waals surface area (Å²) in [4.78, 5) is 28.4.